The summed E-state index contributed by atoms with van der Waals surface area (Å²) in [7, 11) is 0. The van der Waals surface area contributed by atoms with Crippen LogP contribution in [0.1, 0.15) is 29.7 Å². The number of nitrogens with two attached hydrogens (primary N) is 2. The van der Waals surface area contributed by atoms with Crippen LogP contribution in [0.2, 0.25) is 0 Å². The minimum Gasteiger partial charge on any atom is -0.383 e. The van der Waals surface area contributed by atoms with Crippen LogP contribution in [0.3, 0.4) is 0 Å². The number of nitrogens with one attached hydrogen (secondary N) is 2. The molecule has 0 saturated carbocycles. The molecule has 122 valence electrons. The highest BCUT2D eigenvalue weighted by molar-refractivity contribution is 5.97. The molecule has 1 saturated heterocycles. The maximum atomic E-state index is 12.0. The summed E-state index contributed by atoms with van der Waals surface area (Å²) in [5, 5.41) is 7.43. The van der Waals surface area contributed by atoms with E-state index in [2.05, 4.69) is 22.0 Å². The van der Waals surface area contributed by atoms with E-state index in [1.807, 2.05) is 12.1 Å². The van der Waals surface area contributed by atoms with Crippen LogP contribution in [-0.4, -0.2) is 33.4 Å². The lowest BCUT2D eigenvalue weighted by atomic mass is 10.1. The first-order valence-electron chi connectivity index (χ1n) is 7.77. The Labute approximate surface area is 134 Å². The number of aromatic nitrogens is 2. The van der Waals surface area contributed by atoms with Gasteiger partial charge in [-0.05, 0) is 37.1 Å². The molecule has 7 nitrogen and oxygen atoms in total. The van der Waals surface area contributed by atoms with Crippen molar-refractivity contribution < 1.29 is 0 Å². The number of hydrogen-bond acceptors (Lipinski definition) is 4. The van der Waals surface area contributed by atoms with E-state index in [9.17, 15) is 4.79 Å². The number of anilines is 1. The van der Waals surface area contributed by atoms with Gasteiger partial charge in [0, 0.05) is 6.54 Å². The zero-order valence-corrected chi connectivity index (χ0v) is 13.0. The lowest BCUT2D eigenvalue weighted by molar-refractivity contribution is 0.331. The number of likely N-dealkylation sites (tertiary alicyclic amines) is 1. The van der Waals surface area contributed by atoms with Crippen LogP contribution in [0.4, 0.5) is 5.82 Å². The van der Waals surface area contributed by atoms with Crippen molar-refractivity contribution in [1.82, 2.24) is 14.5 Å². The molecule has 1 aromatic carbocycles. The van der Waals surface area contributed by atoms with Crippen LogP contribution in [0.25, 0.3) is 0 Å². The third-order valence-electron chi connectivity index (χ3n) is 4.23. The predicted molar refractivity (Wildman–Crippen MR) is 90.5 cm³/mol. The third kappa shape index (κ3) is 3.29. The van der Waals surface area contributed by atoms with Crippen LogP contribution in [0.15, 0.2) is 29.1 Å². The highest BCUT2D eigenvalue weighted by Gasteiger charge is 2.14. The Hall–Kier alpha value is -2.54. The Morgan fingerprint density at radius 3 is 2.48 bits per heavy atom. The molecule has 0 atom stereocenters. The lowest BCUT2D eigenvalue weighted by Crippen LogP contribution is -2.20. The first-order valence-corrected chi connectivity index (χ1v) is 7.77. The van der Waals surface area contributed by atoms with Crippen LogP contribution >= 0.6 is 0 Å². The zero-order valence-electron chi connectivity index (χ0n) is 13.0. The summed E-state index contributed by atoms with van der Waals surface area (Å²) < 4.78 is 1.41. The molecule has 3 rings (SSSR count). The van der Waals surface area contributed by atoms with Gasteiger partial charge in [0.25, 0.3) is 0 Å². The van der Waals surface area contributed by atoms with Crippen LogP contribution in [0, 0.1) is 5.41 Å². The Morgan fingerprint density at radius 2 is 1.87 bits per heavy atom. The van der Waals surface area contributed by atoms with Gasteiger partial charge < -0.3 is 16.5 Å². The second-order valence-corrected chi connectivity index (χ2v) is 5.99. The van der Waals surface area contributed by atoms with E-state index in [0.717, 1.165) is 25.2 Å². The SMILES string of the molecule is N=C(N)c1[nH]c(=O)n(Cc2cccc(CN3CCCC3)c2)c1N. The summed E-state index contributed by atoms with van der Waals surface area (Å²) in [5.74, 6) is -0.0337. The molecule has 0 radical (unpaired) electrons. The van der Waals surface area contributed by atoms with Gasteiger partial charge in [0.2, 0.25) is 0 Å². The normalized spacial score (nSPS) is 15.1. The minimum atomic E-state index is -0.349. The molecule has 1 aromatic heterocycles. The molecule has 6 N–H and O–H groups in total. The molecule has 1 aliphatic rings. The maximum absolute atomic E-state index is 12.0. The van der Waals surface area contributed by atoms with Crippen molar-refractivity contribution in [2.75, 3.05) is 18.8 Å². The molecule has 7 heteroatoms. The number of amidine groups is 1. The van der Waals surface area contributed by atoms with Crippen molar-refractivity contribution in [1.29, 1.82) is 5.41 Å². The fourth-order valence-electron chi connectivity index (χ4n) is 3.05. The van der Waals surface area contributed by atoms with Crippen molar-refractivity contribution in [3.63, 3.8) is 0 Å². The number of rotatable bonds is 5. The van der Waals surface area contributed by atoms with Crippen molar-refractivity contribution >= 4 is 11.7 Å². The second-order valence-electron chi connectivity index (χ2n) is 5.99. The quantitative estimate of drug-likeness (QED) is 0.480. The molecular weight excluding hydrogens is 292 g/mol. The second kappa shape index (κ2) is 6.29. The zero-order chi connectivity index (χ0) is 16.4. The Morgan fingerprint density at radius 1 is 1.22 bits per heavy atom. The van der Waals surface area contributed by atoms with Crippen LogP contribution in [0.5, 0.6) is 0 Å². The predicted octanol–water partition coefficient (Wildman–Crippen LogP) is 0.687. The number of imidazole rings is 1. The van der Waals surface area contributed by atoms with Gasteiger partial charge in [-0.3, -0.25) is 14.9 Å². The molecule has 1 aliphatic heterocycles. The Kier molecular flexibility index (Phi) is 4.20. The van der Waals surface area contributed by atoms with Gasteiger partial charge in [0.05, 0.1) is 6.54 Å². The maximum Gasteiger partial charge on any atom is 0.328 e. The lowest BCUT2D eigenvalue weighted by Gasteiger charge is -2.15. The molecule has 0 spiro atoms. The Balaban J connectivity index is 1.80. The molecule has 2 aromatic rings. The number of nitrogen functional groups attached to an aromatic ring is 2. The average Bonchev–Trinajstić information content (AvgIpc) is 3.11. The van der Waals surface area contributed by atoms with E-state index in [0.29, 0.717) is 6.54 Å². The summed E-state index contributed by atoms with van der Waals surface area (Å²) in [5.41, 5.74) is 13.4. The molecule has 1 fully saturated rings. The molecule has 0 aliphatic carbocycles. The van der Waals surface area contributed by atoms with Crippen molar-refractivity contribution in [3.05, 3.63) is 51.6 Å². The summed E-state index contributed by atoms with van der Waals surface area (Å²) in [6.45, 7) is 3.60. The summed E-state index contributed by atoms with van der Waals surface area (Å²) in [6.07, 6.45) is 2.53. The molecule has 0 bridgehead atoms. The average molecular weight is 314 g/mol. The number of nitrogens with zero attached hydrogens (tertiary/aromatic N) is 2. The summed E-state index contributed by atoms with van der Waals surface area (Å²) in [4.78, 5) is 17.0. The molecule has 2 heterocycles. The monoisotopic (exact) mass is 314 g/mol. The fourth-order valence-corrected chi connectivity index (χ4v) is 3.05. The first kappa shape index (κ1) is 15.4. The van der Waals surface area contributed by atoms with E-state index in [1.165, 1.54) is 23.0 Å². The minimum absolute atomic E-state index is 0.184. The molecular formula is C16H22N6O. The van der Waals surface area contributed by atoms with Crippen LogP contribution < -0.4 is 17.2 Å². The van der Waals surface area contributed by atoms with Gasteiger partial charge in [0.15, 0.2) is 0 Å². The number of H-pyrrole nitrogens is 1. The third-order valence-corrected chi connectivity index (χ3v) is 4.23. The van der Waals surface area contributed by atoms with E-state index in [-0.39, 0.29) is 23.0 Å². The first-order chi connectivity index (χ1) is 11.0. The number of benzene rings is 1. The van der Waals surface area contributed by atoms with Crippen LogP contribution in [-0.2, 0) is 13.1 Å². The number of aromatic amines is 1. The van der Waals surface area contributed by atoms with Gasteiger partial charge in [-0.1, -0.05) is 24.3 Å². The van der Waals surface area contributed by atoms with E-state index >= 15 is 0 Å². The Bertz CT molecular complexity index is 769. The summed E-state index contributed by atoms with van der Waals surface area (Å²) in [6, 6.07) is 8.18. The van der Waals surface area contributed by atoms with Gasteiger partial charge >= 0.3 is 5.69 Å². The largest absolute Gasteiger partial charge is 0.383 e. The number of hydrogen-bond donors (Lipinski definition) is 4. The van der Waals surface area contributed by atoms with Gasteiger partial charge in [-0.15, -0.1) is 0 Å². The van der Waals surface area contributed by atoms with Gasteiger partial charge in [-0.25, -0.2) is 4.79 Å². The van der Waals surface area contributed by atoms with E-state index < -0.39 is 0 Å². The molecule has 0 unspecified atom stereocenters. The van der Waals surface area contributed by atoms with Crippen molar-refractivity contribution in [2.24, 2.45) is 5.73 Å². The van der Waals surface area contributed by atoms with Crippen molar-refractivity contribution in [3.8, 4) is 0 Å². The van der Waals surface area contributed by atoms with Crippen molar-refractivity contribution in [2.45, 2.75) is 25.9 Å². The topological polar surface area (TPSA) is 117 Å². The highest BCUT2D eigenvalue weighted by Crippen LogP contribution is 2.15. The van der Waals surface area contributed by atoms with E-state index in [1.54, 1.807) is 0 Å². The fraction of sp³-hybridized carbons (Fsp3) is 0.375. The van der Waals surface area contributed by atoms with Gasteiger partial charge in [-0.2, -0.15) is 0 Å². The highest BCUT2D eigenvalue weighted by atomic mass is 16.1. The van der Waals surface area contributed by atoms with E-state index in [4.69, 9.17) is 16.9 Å². The smallest absolute Gasteiger partial charge is 0.328 e. The molecule has 0 amide bonds. The summed E-state index contributed by atoms with van der Waals surface area (Å²) >= 11 is 0. The molecule has 23 heavy (non-hydrogen) atoms. The standard InChI is InChI=1S/C16H22N6O/c17-14(18)13-15(19)22(16(23)20-13)10-12-5-3-4-11(8-12)9-21-6-1-2-7-21/h3-5,8H,1-2,6-7,9-10,19H2,(H3,17,18)(H,20,23). The van der Waals surface area contributed by atoms with Gasteiger partial charge in [0.1, 0.15) is 17.3 Å².